The van der Waals surface area contributed by atoms with E-state index in [0.717, 1.165) is 64.0 Å². The Kier molecular flexibility index (Phi) is 18.8. The van der Waals surface area contributed by atoms with Crippen molar-refractivity contribution < 1.29 is 32.2 Å². The zero-order valence-electron chi connectivity index (χ0n) is 47.7. The number of halogens is 3. The minimum atomic E-state index is -0.521. The quantitative estimate of drug-likeness (QED) is 0.100. The average Bonchev–Trinajstić information content (AvgIpc) is 4.11. The lowest BCUT2D eigenvalue weighted by Crippen LogP contribution is -2.47. The zero-order valence-corrected chi connectivity index (χ0v) is 47.7. The van der Waals surface area contributed by atoms with Crippen LogP contribution in [0.3, 0.4) is 0 Å². The molecule has 26 heteroatoms. The molecule has 3 fully saturated rings. The Morgan fingerprint density at radius 3 is 1.54 bits per heavy atom. The number of ether oxygens (including phenoxy) is 2. The van der Waals surface area contributed by atoms with Crippen molar-refractivity contribution in [1.29, 1.82) is 0 Å². The molecule has 442 valence electrons. The lowest BCUT2D eigenvalue weighted by Gasteiger charge is -2.34. The molecular weight excluding hydrogens is 1090 g/mol. The number of aromatic amines is 1. The number of hydrogen-bond acceptors (Lipinski definition) is 17. The smallest absolute Gasteiger partial charge is 0.410 e. The SMILES string of the molecule is CC(C)(C)OC(=O)N1CCC[C@@H](N)C1.CC(C)(C)OC(=O)N1CCC[C@@H](Nc2ccnc(-c3cnc4ccc(F)cn34)n2)C1.Fc1ccc2ncc(-c3nccc(N[C@@H]4CCCNC4)n3)n2c1.O=c1ccnc(-c2cnc3ccc(F)cn23)[nH]1. The molecule has 3 aliphatic heterocycles. The normalized spacial score (nSPS) is 17.2. The van der Waals surface area contributed by atoms with Crippen molar-refractivity contribution >= 4 is 40.8 Å². The molecular formula is C58H69F3N18O5. The highest BCUT2D eigenvalue weighted by molar-refractivity contribution is 5.69. The number of piperidine rings is 3. The number of H-pyrrole nitrogens is 1. The fraction of sp³-hybridized carbons (Fsp3) is 0.397. The number of anilines is 2. The molecule has 2 amide bonds. The number of aromatic nitrogens is 12. The Morgan fingerprint density at radius 1 is 0.583 bits per heavy atom. The van der Waals surface area contributed by atoms with Crippen LogP contribution in [0.2, 0.25) is 0 Å². The molecule has 3 atom stereocenters. The van der Waals surface area contributed by atoms with Crippen LogP contribution in [0.5, 0.6) is 0 Å². The van der Waals surface area contributed by atoms with Crippen LogP contribution < -0.4 is 27.2 Å². The van der Waals surface area contributed by atoms with Crippen molar-refractivity contribution in [3.63, 3.8) is 0 Å². The fourth-order valence-electron chi connectivity index (χ4n) is 9.48. The minimum Gasteiger partial charge on any atom is -0.444 e. The van der Waals surface area contributed by atoms with Gasteiger partial charge in [-0.05, 0) is 135 Å². The summed E-state index contributed by atoms with van der Waals surface area (Å²) >= 11 is 0. The number of imidazole rings is 3. The van der Waals surface area contributed by atoms with Crippen molar-refractivity contribution in [1.82, 2.24) is 73.2 Å². The van der Waals surface area contributed by atoms with Crippen LogP contribution in [-0.2, 0) is 9.47 Å². The summed E-state index contributed by atoms with van der Waals surface area (Å²) in [5.74, 6) is 1.68. The van der Waals surface area contributed by atoms with E-state index in [0.29, 0.717) is 83.0 Å². The molecule has 3 saturated heterocycles. The van der Waals surface area contributed by atoms with Crippen molar-refractivity contribution in [2.75, 3.05) is 49.9 Å². The highest BCUT2D eigenvalue weighted by Gasteiger charge is 2.29. The fourth-order valence-corrected chi connectivity index (χ4v) is 9.48. The number of amides is 2. The number of pyridine rings is 3. The van der Waals surface area contributed by atoms with Crippen LogP contribution in [0.4, 0.5) is 34.4 Å². The maximum Gasteiger partial charge on any atom is 0.410 e. The Balaban J connectivity index is 0.000000140. The van der Waals surface area contributed by atoms with Gasteiger partial charge in [-0.1, -0.05) is 0 Å². The Labute approximate surface area is 482 Å². The molecule has 0 bridgehead atoms. The first kappa shape index (κ1) is 59.6. The van der Waals surface area contributed by atoms with Crippen LogP contribution in [0, 0.1) is 17.5 Å². The van der Waals surface area contributed by atoms with E-state index in [1.165, 1.54) is 59.7 Å². The predicted molar refractivity (Wildman–Crippen MR) is 310 cm³/mol. The average molecular weight is 1160 g/mol. The highest BCUT2D eigenvalue weighted by Crippen LogP contribution is 2.24. The van der Waals surface area contributed by atoms with Gasteiger partial charge in [0.1, 0.15) is 74.3 Å². The summed E-state index contributed by atoms with van der Waals surface area (Å²) in [6.45, 7) is 15.8. The Hall–Kier alpha value is -9.04. The van der Waals surface area contributed by atoms with Gasteiger partial charge in [0.15, 0.2) is 17.5 Å². The highest BCUT2D eigenvalue weighted by atomic mass is 19.1. The van der Waals surface area contributed by atoms with E-state index >= 15 is 0 Å². The van der Waals surface area contributed by atoms with Crippen LogP contribution >= 0.6 is 0 Å². The van der Waals surface area contributed by atoms with Gasteiger partial charge in [0.05, 0.1) is 18.6 Å². The Morgan fingerprint density at radius 2 is 1.05 bits per heavy atom. The number of rotatable bonds is 7. The van der Waals surface area contributed by atoms with Gasteiger partial charge in [-0.25, -0.2) is 62.6 Å². The number of hydrogen-bond donors (Lipinski definition) is 5. The third kappa shape index (κ3) is 16.1. The number of nitrogens with two attached hydrogens (primary N) is 1. The summed E-state index contributed by atoms with van der Waals surface area (Å²) in [6, 6.07) is 14.3. The number of fused-ring (bicyclic) bond motifs is 3. The molecule has 0 spiro atoms. The predicted octanol–water partition coefficient (Wildman–Crippen LogP) is 8.40. The molecule has 0 aliphatic carbocycles. The standard InChI is InChI=1S/C21H25FN6O2.C16H17FN6.C11H7FN4O.C10H20N2O2/c1-21(2,3)30-20(29)27-10-4-5-15(13-27)25-17-8-9-23-19(26-17)16-11-24-18-7-6-14(22)12-28(16)18;17-11-3-4-15-20-9-13(23(15)10-11)16-19-7-5-14(22-16)21-12-2-1-6-18-8-12;12-7-1-2-9-14-5-8(16(9)6-7)11-13-4-3-10(17)15-11;1-10(2,3)14-9(13)12-6-4-5-8(11)7-12/h6-9,11-12,15H,4-5,10,13H2,1-3H3,(H,23,25,26);3-5,7,9-10,12,18H,1-2,6,8H2,(H,19,21,22);1-6H,(H,13,15,17);8H,4-7,11H2,1-3H3/t15-;12-;;8-/m11.1/s1. The van der Waals surface area contributed by atoms with Gasteiger partial charge in [-0.2, -0.15) is 0 Å². The summed E-state index contributed by atoms with van der Waals surface area (Å²) in [7, 11) is 0. The molecule has 9 aromatic heterocycles. The van der Waals surface area contributed by atoms with Crippen molar-refractivity contribution in [3.05, 3.63) is 138 Å². The van der Waals surface area contributed by atoms with Gasteiger partial charge in [0.2, 0.25) is 0 Å². The van der Waals surface area contributed by atoms with Gasteiger partial charge >= 0.3 is 12.2 Å². The summed E-state index contributed by atoms with van der Waals surface area (Å²) < 4.78 is 55.9. The first-order valence-corrected chi connectivity index (χ1v) is 27.8. The molecule has 84 heavy (non-hydrogen) atoms. The van der Waals surface area contributed by atoms with Gasteiger partial charge < -0.3 is 45.9 Å². The lowest BCUT2D eigenvalue weighted by atomic mass is 10.1. The van der Waals surface area contributed by atoms with Gasteiger partial charge in [0, 0.05) is 94.1 Å². The molecule has 9 aromatic rings. The number of nitrogens with one attached hydrogen (secondary N) is 4. The van der Waals surface area contributed by atoms with E-state index in [2.05, 4.69) is 60.8 Å². The second-order valence-corrected chi connectivity index (χ2v) is 22.4. The third-order valence-electron chi connectivity index (χ3n) is 13.3. The summed E-state index contributed by atoms with van der Waals surface area (Å²) in [6.07, 6.45) is 19.1. The van der Waals surface area contributed by atoms with Crippen molar-refractivity contribution in [3.8, 4) is 34.6 Å². The molecule has 0 saturated carbocycles. The topological polar surface area (TPSA) is 270 Å². The maximum atomic E-state index is 13.7. The van der Waals surface area contributed by atoms with Crippen LogP contribution in [0.15, 0.2) is 115 Å². The third-order valence-corrected chi connectivity index (χ3v) is 13.3. The molecule has 12 rings (SSSR count). The van der Waals surface area contributed by atoms with E-state index in [1.807, 2.05) is 47.6 Å². The van der Waals surface area contributed by atoms with Crippen molar-refractivity contribution in [2.24, 2.45) is 5.73 Å². The van der Waals surface area contributed by atoms with Gasteiger partial charge in [-0.3, -0.25) is 18.0 Å². The molecule has 23 nitrogen and oxygen atoms in total. The van der Waals surface area contributed by atoms with Crippen molar-refractivity contribution in [2.45, 2.75) is 109 Å². The second kappa shape index (κ2) is 26.5. The number of nitrogens with zero attached hydrogens (tertiary/aromatic N) is 13. The zero-order chi connectivity index (χ0) is 59.5. The monoisotopic (exact) mass is 1150 g/mol. The molecule has 0 radical (unpaired) electrons. The number of likely N-dealkylation sites (tertiary alicyclic amines) is 2. The molecule has 12 heterocycles. The van der Waals surface area contributed by atoms with E-state index in [1.54, 1.807) is 67.7 Å². The summed E-state index contributed by atoms with van der Waals surface area (Å²) in [4.78, 5) is 75.6. The van der Waals surface area contributed by atoms with Crippen LogP contribution in [0.25, 0.3) is 51.5 Å². The lowest BCUT2D eigenvalue weighted by molar-refractivity contribution is 0.0193. The number of carbonyl (C=O) groups is 2. The number of carbonyl (C=O) groups excluding carboxylic acids is 2. The molecule has 3 aliphatic rings. The van der Waals surface area contributed by atoms with E-state index in [9.17, 15) is 27.6 Å². The second-order valence-electron chi connectivity index (χ2n) is 22.4. The van der Waals surface area contributed by atoms with Crippen LogP contribution in [-0.4, -0.2) is 149 Å². The van der Waals surface area contributed by atoms with E-state index < -0.39 is 11.2 Å². The maximum absolute atomic E-state index is 13.7. The largest absolute Gasteiger partial charge is 0.444 e. The van der Waals surface area contributed by atoms with E-state index in [-0.39, 0.29) is 47.3 Å². The van der Waals surface area contributed by atoms with E-state index in [4.69, 9.17) is 15.2 Å². The first-order chi connectivity index (χ1) is 40.2. The van der Waals surface area contributed by atoms with Crippen LogP contribution in [0.1, 0.15) is 80.1 Å². The minimum absolute atomic E-state index is 0.0497. The van der Waals surface area contributed by atoms with Gasteiger partial charge in [0.25, 0.3) is 5.56 Å². The molecule has 0 unspecified atom stereocenters. The Bertz CT molecular complexity index is 3760. The molecule has 6 N–H and O–H groups in total. The molecule has 0 aromatic carbocycles. The summed E-state index contributed by atoms with van der Waals surface area (Å²) in [5, 5.41) is 10.2. The van der Waals surface area contributed by atoms with Gasteiger partial charge in [-0.15, -0.1) is 0 Å². The summed E-state index contributed by atoms with van der Waals surface area (Å²) in [5.41, 5.74) is 8.27. The first-order valence-electron chi connectivity index (χ1n) is 27.8.